The number of furan rings is 1. The summed E-state index contributed by atoms with van der Waals surface area (Å²) in [5, 5.41) is 2.88. The van der Waals surface area contributed by atoms with Gasteiger partial charge in [0.1, 0.15) is 0 Å². The van der Waals surface area contributed by atoms with Gasteiger partial charge in [-0.25, -0.2) is 0 Å². The topological polar surface area (TPSA) is 81.0 Å². The van der Waals surface area contributed by atoms with Crippen molar-refractivity contribution in [3.8, 4) is 11.5 Å². The van der Waals surface area contributed by atoms with Gasteiger partial charge in [-0.1, -0.05) is 12.1 Å². The highest BCUT2D eigenvalue weighted by atomic mass is 16.7. The Bertz CT molecular complexity index is 1170. The fourth-order valence-electron chi connectivity index (χ4n) is 3.74. The van der Waals surface area contributed by atoms with Crippen LogP contribution in [0.3, 0.4) is 0 Å². The fourth-order valence-corrected chi connectivity index (χ4v) is 3.74. The fraction of sp³-hybridized carbons (Fsp3) is 0.167. The predicted octanol–water partition coefficient (Wildman–Crippen LogP) is 3.86. The van der Waals surface area contributed by atoms with E-state index in [1.54, 1.807) is 23.1 Å². The van der Waals surface area contributed by atoms with Crippen LogP contribution >= 0.6 is 0 Å². The van der Waals surface area contributed by atoms with Crippen LogP contribution in [0.4, 0.5) is 5.69 Å². The van der Waals surface area contributed by atoms with Gasteiger partial charge in [-0.2, -0.15) is 0 Å². The maximum Gasteiger partial charge on any atom is 0.289 e. The van der Waals surface area contributed by atoms with Crippen molar-refractivity contribution < 1.29 is 23.5 Å². The molecule has 2 aliphatic rings. The summed E-state index contributed by atoms with van der Waals surface area (Å²) in [4.78, 5) is 26.7. The third-order valence-electron chi connectivity index (χ3n) is 5.33. The second-order valence-corrected chi connectivity index (χ2v) is 7.37. The smallest absolute Gasteiger partial charge is 0.289 e. The van der Waals surface area contributed by atoms with Crippen LogP contribution in [-0.4, -0.2) is 30.1 Å². The molecule has 0 fully saturated rings. The predicted molar refractivity (Wildman–Crippen MR) is 114 cm³/mol. The molecule has 0 atom stereocenters. The Morgan fingerprint density at radius 3 is 2.77 bits per heavy atom. The zero-order valence-corrected chi connectivity index (χ0v) is 16.7. The van der Waals surface area contributed by atoms with Gasteiger partial charge in [0.05, 0.1) is 6.26 Å². The summed E-state index contributed by atoms with van der Waals surface area (Å²) < 4.78 is 15.9. The van der Waals surface area contributed by atoms with Crippen LogP contribution < -0.4 is 14.8 Å². The number of carbonyl (C=O) groups excluding carboxylic acids is 2. The molecular formula is C24H20N2O5. The molecule has 3 heterocycles. The van der Waals surface area contributed by atoms with Crippen LogP contribution in [0.2, 0.25) is 0 Å². The van der Waals surface area contributed by atoms with Crippen molar-refractivity contribution >= 4 is 23.6 Å². The quantitative estimate of drug-likeness (QED) is 0.654. The van der Waals surface area contributed by atoms with Crippen molar-refractivity contribution in [3.05, 3.63) is 83.3 Å². The van der Waals surface area contributed by atoms with Crippen molar-refractivity contribution in [2.24, 2.45) is 0 Å². The van der Waals surface area contributed by atoms with Gasteiger partial charge in [-0.05, 0) is 65.6 Å². The third-order valence-corrected chi connectivity index (χ3v) is 5.33. The lowest BCUT2D eigenvalue weighted by Gasteiger charge is -2.28. The number of anilines is 1. The molecule has 1 aromatic heterocycles. The molecule has 3 aromatic rings. The van der Waals surface area contributed by atoms with Gasteiger partial charge in [0.15, 0.2) is 17.3 Å². The standard InChI is InChI=1S/C24H20N2O5/c27-23(8-4-16-3-7-20-22(12-16)31-15-30-20)25-19-6-5-17-9-10-26(14-18(17)13-19)24(28)21-2-1-11-29-21/h1-8,11-13H,9-10,14-15H2,(H,25,27)/b8-4+. The van der Waals surface area contributed by atoms with E-state index in [1.165, 1.54) is 17.9 Å². The summed E-state index contributed by atoms with van der Waals surface area (Å²) in [6.45, 7) is 1.33. The molecule has 2 amide bonds. The number of nitrogens with zero attached hydrogens (tertiary/aromatic N) is 1. The highest BCUT2D eigenvalue weighted by Crippen LogP contribution is 2.32. The Balaban J connectivity index is 1.25. The number of nitrogens with one attached hydrogen (secondary N) is 1. The minimum atomic E-state index is -0.239. The van der Waals surface area contributed by atoms with Crippen molar-refractivity contribution in [2.75, 3.05) is 18.7 Å². The molecule has 7 nitrogen and oxygen atoms in total. The molecule has 7 heteroatoms. The van der Waals surface area contributed by atoms with Gasteiger partial charge in [0.25, 0.3) is 5.91 Å². The van der Waals surface area contributed by atoms with E-state index in [0.29, 0.717) is 36.0 Å². The monoisotopic (exact) mass is 416 g/mol. The Morgan fingerprint density at radius 1 is 1.00 bits per heavy atom. The van der Waals surface area contributed by atoms with E-state index in [9.17, 15) is 9.59 Å². The summed E-state index contributed by atoms with van der Waals surface area (Å²) in [7, 11) is 0. The van der Waals surface area contributed by atoms with E-state index < -0.39 is 0 Å². The second-order valence-electron chi connectivity index (χ2n) is 7.37. The number of benzene rings is 2. The summed E-state index contributed by atoms with van der Waals surface area (Å²) in [5.41, 5.74) is 3.73. The lowest BCUT2D eigenvalue weighted by Crippen LogP contribution is -2.35. The zero-order chi connectivity index (χ0) is 21.2. The molecule has 0 unspecified atom stereocenters. The van der Waals surface area contributed by atoms with Gasteiger partial charge in [0, 0.05) is 24.9 Å². The first-order chi connectivity index (χ1) is 15.2. The minimum Gasteiger partial charge on any atom is -0.459 e. The molecule has 156 valence electrons. The van der Waals surface area contributed by atoms with Gasteiger partial charge in [0.2, 0.25) is 12.7 Å². The average molecular weight is 416 g/mol. The zero-order valence-electron chi connectivity index (χ0n) is 16.7. The lowest BCUT2D eigenvalue weighted by molar-refractivity contribution is -0.111. The van der Waals surface area contributed by atoms with Crippen LogP contribution in [0.1, 0.15) is 27.2 Å². The number of rotatable bonds is 4. The maximum absolute atomic E-state index is 12.6. The molecule has 0 spiro atoms. The first-order valence-electron chi connectivity index (χ1n) is 9.99. The van der Waals surface area contributed by atoms with E-state index in [-0.39, 0.29) is 18.6 Å². The molecule has 0 bridgehead atoms. The molecule has 0 radical (unpaired) electrons. The molecule has 5 rings (SSSR count). The normalized spacial score (nSPS) is 14.5. The SMILES string of the molecule is O=C(/C=C/c1ccc2c(c1)OCO2)Nc1ccc2c(c1)CN(C(=O)c1ccco1)CC2. The van der Waals surface area contributed by atoms with E-state index in [2.05, 4.69) is 5.32 Å². The van der Waals surface area contributed by atoms with Gasteiger partial charge in [-0.15, -0.1) is 0 Å². The first-order valence-corrected chi connectivity index (χ1v) is 9.99. The summed E-state index contributed by atoms with van der Waals surface area (Å²) >= 11 is 0. The highest BCUT2D eigenvalue weighted by molar-refractivity contribution is 6.02. The largest absolute Gasteiger partial charge is 0.459 e. The number of ether oxygens (including phenoxy) is 2. The Morgan fingerprint density at radius 2 is 1.90 bits per heavy atom. The molecule has 2 aliphatic heterocycles. The summed E-state index contributed by atoms with van der Waals surface area (Å²) in [6.07, 6.45) is 5.46. The highest BCUT2D eigenvalue weighted by Gasteiger charge is 2.23. The van der Waals surface area contributed by atoms with E-state index in [1.807, 2.05) is 36.4 Å². The lowest BCUT2D eigenvalue weighted by atomic mass is 9.99. The van der Waals surface area contributed by atoms with E-state index in [0.717, 1.165) is 17.5 Å². The number of carbonyl (C=O) groups is 2. The van der Waals surface area contributed by atoms with Gasteiger partial charge < -0.3 is 24.1 Å². The second kappa shape index (κ2) is 8.02. The molecular weight excluding hydrogens is 396 g/mol. The van der Waals surface area contributed by atoms with Crippen LogP contribution in [0.5, 0.6) is 11.5 Å². The van der Waals surface area contributed by atoms with Gasteiger partial charge in [-0.3, -0.25) is 9.59 Å². The van der Waals surface area contributed by atoms with Crippen molar-refractivity contribution in [2.45, 2.75) is 13.0 Å². The minimum absolute atomic E-state index is 0.128. The molecule has 31 heavy (non-hydrogen) atoms. The number of hydrogen-bond donors (Lipinski definition) is 1. The molecule has 0 saturated heterocycles. The van der Waals surface area contributed by atoms with Crippen LogP contribution in [0, 0.1) is 0 Å². The molecule has 2 aromatic carbocycles. The number of hydrogen-bond acceptors (Lipinski definition) is 5. The van der Waals surface area contributed by atoms with E-state index in [4.69, 9.17) is 13.9 Å². The van der Waals surface area contributed by atoms with E-state index >= 15 is 0 Å². The average Bonchev–Trinajstić information content (AvgIpc) is 3.48. The van der Waals surface area contributed by atoms with Crippen LogP contribution in [0.25, 0.3) is 6.08 Å². The third kappa shape index (κ3) is 4.02. The number of amides is 2. The Hall–Kier alpha value is -4.00. The maximum atomic E-state index is 12.6. The molecule has 0 aliphatic carbocycles. The van der Waals surface area contributed by atoms with Crippen molar-refractivity contribution in [1.29, 1.82) is 0 Å². The first kappa shape index (κ1) is 19.0. The van der Waals surface area contributed by atoms with Crippen molar-refractivity contribution in [1.82, 2.24) is 4.90 Å². The molecule has 1 N–H and O–H groups in total. The summed E-state index contributed by atoms with van der Waals surface area (Å²) in [5.74, 6) is 1.34. The Kier molecular flexibility index (Phi) is 4.92. The number of fused-ring (bicyclic) bond motifs is 2. The molecule has 0 saturated carbocycles. The van der Waals surface area contributed by atoms with Gasteiger partial charge >= 0.3 is 0 Å². The van der Waals surface area contributed by atoms with Crippen LogP contribution in [0.15, 0.2) is 65.3 Å². The van der Waals surface area contributed by atoms with Crippen LogP contribution in [-0.2, 0) is 17.8 Å². The summed E-state index contributed by atoms with van der Waals surface area (Å²) in [6, 6.07) is 14.7. The van der Waals surface area contributed by atoms with Crippen molar-refractivity contribution in [3.63, 3.8) is 0 Å². The Labute approximate surface area is 178 Å².